The Morgan fingerprint density at radius 2 is 1.74 bits per heavy atom. The molecule has 0 aliphatic heterocycles. The zero-order valence-corrected chi connectivity index (χ0v) is 15.8. The van der Waals surface area contributed by atoms with E-state index in [4.69, 9.17) is 0 Å². The highest BCUT2D eigenvalue weighted by atomic mass is 32.2. The summed E-state index contributed by atoms with van der Waals surface area (Å²) < 4.78 is 27.8. The number of nitrogens with one attached hydrogen (secondary N) is 3. The highest BCUT2D eigenvalue weighted by molar-refractivity contribution is 7.92. The third-order valence-electron chi connectivity index (χ3n) is 4.21. The molecule has 0 radical (unpaired) electrons. The Kier molecular flexibility index (Phi) is 5.04. The molecule has 27 heavy (non-hydrogen) atoms. The maximum Gasteiger partial charge on any atom is 0.323 e. The van der Waals surface area contributed by atoms with Crippen molar-refractivity contribution in [3.63, 3.8) is 0 Å². The molecule has 3 aromatic rings. The van der Waals surface area contributed by atoms with Gasteiger partial charge in [-0.3, -0.25) is 9.52 Å². The SMILES string of the molecule is CCN(CC)C(=O)c1cccc(NS(=O)(=O)c2ccc3[nH]c(=O)[nH]c3c2)c1. The fourth-order valence-corrected chi connectivity index (χ4v) is 3.88. The Hall–Kier alpha value is -3.07. The van der Waals surface area contributed by atoms with Gasteiger partial charge >= 0.3 is 5.69 Å². The molecule has 0 bridgehead atoms. The lowest BCUT2D eigenvalue weighted by molar-refractivity contribution is 0.0773. The predicted molar refractivity (Wildman–Crippen MR) is 103 cm³/mol. The third-order valence-corrected chi connectivity index (χ3v) is 5.59. The van der Waals surface area contributed by atoms with Crippen LogP contribution in [0.3, 0.4) is 0 Å². The predicted octanol–water partition coefficient (Wildman–Crippen LogP) is 2.14. The van der Waals surface area contributed by atoms with E-state index in [9.17, 15) is 18.0 Å². The van der Waals surface area contributed by atoms with Crippen LogP contribution in [0, 0.1) is 0 Å². The summed E-state index contributed by atoms with van der Waals surface area (Å²) in [6, 6.07) is 10.7. The summed E-state index contributed by atoms with van der Waals surface area (Å²) in [5.41, 5.74) is 1.20. The average Bonchev–Trinajstić information content (AvgIpc) is 3.01. The second kappa shape index (κ2) is 7.28. The largest absolute Gasteiger partial charge is 0.339 e. The molecular formula is C18H20N4O4S. The van der Waals surface area contributed by atoms with Crippen molar-refractivity contribution in [3.8, 4) is 0 Å². The van der Waals surface area contributed by atoms with Crippen molar-refractivity contribution in [2.75, 3.05) is 17.8 Å². The van der Waals surface area contributed by atoms with E-state index >= 15 is 0 Å². The van der Waals surface area contributed by atoms with Gasteiger partial charge in [0.15, 0.2) is 0 Å². The van der Waals surface area contributed by atoms with Gasteiger partial charge in [-0.1, -0.05) is 6.07 Å². The Labute approximate surface area is 156 Å². The molecule has 3 N–H and O–H groups in total. The molecule has 0 atom stereocenters. The number of benzene rings is 2. The maximum absolute atomic E-state index is 12.7. The van der Waals surface area contributed by atoms with Crippen LogP contribution in [-0.2, 0) is 10.0 Å². The van der Waals surface area contributed by atoms with Crippen molar-refractivity contribution in [3.05, 3.63) is 58.5 Å². The van der Waals surface area contributed by atoms with Crippen LogP contribution in [0.25, 0.3) is 11.0 Å². The van der Waals surface area contributed by atoms with Crippen LogP contribution in [0.2, 0.25) is 0 Å². The van der Waals surface area contributed by atoms with Crippen LogP contribution in [0.1, 0.15) is 24.2 Å². The summed E-state index contributed by atoms with van der Waals surface area (Å²) in [5, 5.41) is 0. The summed E-state index contributed by atoms with van der Waals surface area (Å²) in [4.78, 5) is 30.5. The number of H-pyrrole nitrogens is 2. The number of nitrogens with zero attached hydrogens (tertiary/aromatic N) is 1. The Morgan fingerprint density at radius 3 is 2.44 bits per heavy atom. The monoisotopic (exact) mass is 388 g/mol. The molecule has 0 saturated heterocycles. The molecule has 1 amide bonds. The number of carbonyl (C=O) groups excluding carboxylic acids is 1. The minimum Gasteiger partial charge on any atom is -0.339 e. The van der Waals surface area contributed by atoms with Crippen LogP contribution in [0.15, 0.2) is 52.2 Å². The molecule has 2 aromatic carbocycles. The molecule has 0 saturated carbocycles. The number of anilines is 1. The van der Waals surface area contributed by atoms with Gasteiger partial charge in [-0.15, -0.1) is 0 Å². The van der Waals surface area contributed by atoms with Crippen LogP contribution >= 0.6 is 0 Å². The quantitative estimate of drug-likeness (QED) is 0.600. The second-order valence-corrected chi connectivity index (χ2v) is 7.63. The molecule has 0 aliphatic rings. The number of fused-ring (bicyclic) bond motifs is 1. The molecule has 1 heterocycles. The topological polar surface area (TPSA) is 115 Å². The summed E-state index contributed by atoms with van der Waals surface area (Å²) in [5.74, 6) is -0.160. The van der Waals surface area contributed by atoms with Gasteiger partial charge in [-0.05, 0) is 50.2 Å². The first kappa shape index (κ1) is 18.7. The molecule has 9 heteroatoms. The van der Waals surface area contributed by atoms with Gasteiger partial charge in [0.25, 0.3) is 15.9 Å². The summed E-state index contributed by atoms with van der Waals surface area (Å²) in [7, 11) is -3.88. The number of hydrogen-bond acceptors (Lipinski definition) is 4. The van der Waals surface area contributed by atoms with Crippen molar-refractivity contribution in [2.24, 2.45) is 0 Å². The van der Waals surface area contributed by atoms with Gasteiger partial charge in [0.2, 0.25) is 0 Å². The lowest BCUT2D eigenvalue weighted by Crippen LogP contribution is -2.30. The van der Waals surface area contributed by atoms with E-state index < -0.39 is 15.7 Å². The van der Waals surface area contributed by atoms with Crippen molar-refractivity contribution in [2.45, 2.75) is 18.7 Å². The van der Waals surface area contributed by atoms with Gasteiger partial charge in [0.1, 0.15) is 0 Å². The molecule has 8 nitrogen and oxygen atoms in total. The van der Waals surface area contributed by atoms with E-state index in [2.05, 4.69) is 14.7 Å². The van der Waals surface area contributed by atoms with E-state index in [0.29, 0.717) is 29.7 Å². The molecule has 0 aliphatic carbocycles. The van der Waals surface area contributed by atoms with Crippen LogP contribution < -0.4 is 10.4 Å². The summed E-state index contributed by atoms with van der Waals surface area (Å²) in [6.45, 7) is 4.91. The number of hydrogen-bond donors (Lipinski definition) is 3. The Balaban J connectivity index is 1.89. The standard InChI is InChI=1S/C18H20N4O4S/c1-3-22(4-2)17(23)12-6-5-7-13(10-12)21-27(25,26)14-8-9-15-16(11-14)20-18(24)19-15/h5-11,21H,3-4H2,1-2H3,(H2,19,20,24). The zero-order chi connectivity index (χ0) is 19.6. The minimum absolute atomic E-state index is 0.00530. The fraction of sp³-hybridized carbons (Fsp3) is 0.222. The highest BCUT2D eigenvalue weighted by Gasteiger charge is 2.17. The van der Waals surface area contributed by atoms with E-state index in [1.54, 1.807) is 23.1 Å². The number of amides is 1. The molecule has 3 rings (SSSR count). The van der Waals surface area contributed by atoms with Crippen LogP contribution in [0.5, 0.6) is 0 Å². The number of rotatable bonds is 6. The summed E-state index contributed by atoms with van der Waals surface area (Å²) in [6.07, 6.45) is 0. The highest BCUT2D eigenvalue weighted by Crippen LogP contribution is 2.20. The van der Waals surface area contributed by atoms with E-state index in [1.807, 2.05) is 13.8 Å². The Morgan fingerprint density at radius 1 is 1.04 bits per heavy atom. The molecular weight excluding hydrogens is 368 g/mol. The third kappa shape index (κ3) is 3.87. The van der Waals surface area contributed by atoms with Crippen molar-refractivity contribution in [1.29, 1.82) is 0 Å². The van der Waals surface area contributed by atoms with Gasteiger partial charge in [0.05, 0.1) is 15.9 Å². The number of sulfonamides is 1. The van der Waals surface area contributed by atoms with E-state index in [0.717, 1.165) is 0 Å². The maximum atomic E-state index is 12.7. The van der Waals surface area contributed by atoms with Gasteiger partial charge in [-0.2, -0.15) is 0 Å². The molecule has 1 aromatic heterocycles. The number of aromatic nitrogens is 2. The van der Waals surface area contributed by atoms with Crippen LogP contribution in [0.4, 0.5) is 5.69 Å². The first-order chi connectivity index (χ1) is 12.8. The van der Waals surface area contributed by atoms with Crippen LogP contribution in [-0.4, -0.2) is 42.3 Å². The summed E-state index contributed by atoms with van der Waals surface area (Å²) >= 11 is 0. The number of carbonyl (C=O) groups is 1. The van der Waals surface area contributed by atoms with Gasteiger partial charge in [-0.25, -0.2) is 13.2 Å². The van der Waals surface area contributed by atoms with E-state index in [-0.39, 0.29) is 16.5 Å². The molecule has 0 unspecified atom stereocenters. The van der Waals surface area contributed by atoms with Gasteiger partial charge < -0.3 is 14.9 Å². The molecule has 142 valence electrons. The molecule has 0 spiro atoms. The van der Waals surface area contributed by atoms with Crippen molar-refractivity contribution in [1.82, 2.24) is 14.9 Å². The average molecular weight is 388 g/mol. The second-order valence-electron chi connectivity index (χ2n) is 5.95. The first-order valence-electron chi connectivity index (χ1n) is 8.48. The Bertz CT molecular complexity index is 1140. The van der Waals surface area contributed by atoms with Crippen molar-refractivity contribution < 1.29 is 13.2 Å². The van der Waals surface area contributed by atoms with E-state index in [1.165, 1.54) is 24.3 Å². The normalized spacial score (nSPS) is 11.5. The zero-order valence-electron chi connectivity index (χ0n) is 14.9. The minimum atomic E-state index is -3.88. The smallest absolute Gasteiger partial charge is 0.323 e. The van der Waals surface area contributed by atoms with Gasteiger partial charge in [0, 0.05) is 24.3 Å². The lowest BCUT2D eigenvalue weighted by Gasteiger charge is -2.19. The fourth-order valence-electron chi connectivity index (χ4n) is 2.80. The molecule has 0 fully saturated rings. The van der Waals surface area contributed by atoms with Crippen molar-refractivity contribution >= 4 is 32.7 Å². The number of imidazole rings is 1. The number of aromatic amines is 2. The first-order valence-corrected chi connectivity index (χ1v) is 9.96. The lowest BCUT2D eigenvalue weighted by atomic mass is 10.2.